The minimum absolute atomic E-state index is 0.121. The van der Waals surface area contributed by atoms with Crippen molar-refractivity contribution >= 4 is 23.1 Å². The molecule has 1 aromatic heterocycles. The Morgan fingerprint density at radius 1 is 1.43 bits per heavy atom. The lowest BCUT2D eigenvalue weighted by Gasteiger charge is -2.35. The fourth-order valence-electron chi connectivity index (χ4n) is 2.80. The molecule has 1 fully saturated rings. The summed E-state index contributed by atoms with van der Waals surface area (Å²) in [7, 11) is 0. The summed E-state index contributed by atoms with van der Waals surface area (Å²) in [5, 5.41) is 3.02. The Hall–Kier alpha value is -1.40. The number of ether oxygens (including phenoxy) is 1. The van der Waals surface area contributed by atoms with Crippen LogP contribution in [0.3, 0.4) is 0 Å². The minimum Gasteiger partial charge on any atom is -0.466 e. The molecule has 0 aliphatic carbocycles. The van der Waals surface area contributed by atoms with Gasteiger partial charge in [-0.1, -0.05) is 12.2 Å². The molecule has 6 heteroatoms. The predicted molar refractivity (Wildman–Crippen MR) is 84.0 cm³/mol. The van der Waals surface area contributed by atoms with Gasteiger partial charge < -0.3 is 20.2 Å². The summed E-state index contributed by atoms with van der Waals surface area (Å²) in [5.74, 6) is 1.53. The first-order valence-electron chi connectivity index (χ1n) is 7.12. The van der Waals surface area contributed by atoms with Crippen molar-refractivity contribution in [2.75, 3.05) is 13.2 Å². The van der Waals surface area contributed by atoms with Crippen molar-refractivity contribution in [2.24, 2.45) is 11.1 Å². The standard InChI is InChI=1S/C15H22N2O3S/c1-9-8-12(11(3)20-9)10(2)17-14(18)15(13(16)21)4-6-19-7-5-15/h8,10H,4-7H2,1-3H3,(H2,16,21)(H,17,18). The largest absolute Gasteiger partial charge is 0.466 e. The average Bonchev–Trinajstić information content (AvgIpc) is 2.78. The van der Waals surface area contributed by atoms with Gasteiger partial charge in [0.05, 0.1) is 11.0 Å². The maximum atomic E-state index is 12.7. The predicted octanol–water partition coefficient (Wildman–Crippen LogP) is 2.16. The van der Waals surface area contributed by atoms with Crippen LogP contribution in [0.1, 0.15) is 42.9 Å². The van der Waals surface area contributed by atoms with Crippen molar-refractivity contribution in [3.05, 3.63) is 23.2 Å². The molecule has 1 saturated heterocycles. The zero-order valence-electron chi connectivity index (χ0n) is 12.7. The van der Waals surface area contributed by atoms with Crippen molar-refractivity contribution in [1.82, 2.24) is 5.32 Å². The van der Waals surface area contributed by atoms with Crippen LogP contribution in [0.25, 0.3) is 0 Å². The quantitative estimate of drug-likeness (QED) is 0.833. The molecule has 1 atom stereocenters. The van der Waals surface area contributed by atoms with E-state index in [1.54, 1.807) is 0 Å². The van der Waals surface area contributed by atoms with E-state index in [1.807, 2.05) is 26.8 Å². The molecule has 1 unspecified atom stereocenters. The first-order valence-corrected chi connectivity index (χ1v) is 7.53. The van der Waals surface area contributed by atoms with Crippen LogP contribution >= 0.6 is 12.2 Å². The molecule has 1 aromatic rings. The molecule has 1 aliphatic rings. The smallest absolute Gasteiger partial charge is 0.233 e. The molecule has 21 heavy (non-hydrogen) atoms. The highest BCUT2D eigenvalue weighted by atomic mass is 32.1. The summed E-state index contributed by atoms with van der Waals surface area (Å²) in [5.41, 5.74) is 6.03. The van der Waals surface area contributed by atoms with Crippen LogP contribution in [0.2, 0.25) is 0 Å². The Morgan fingerprint density at radius 2 is 2.05 bits per heavy atom. The van der Waals surface area contributed by atoms with Crippen molar-refractivity contribution < 1.29 is 13.9 Å². The Kier molecular flexibility index (Phi) is 4.68. The van der Waals surface area contributed by atoms with Gasteiger partial charge in [0.25, 0.3) is 0 Å². The lowest BCUT2D eigenvalue weighted by atomic mass is 9.79. The molecule has 2 rings (SSSR count). The summed E-state index contributed by atoms with van der Waals surface area (Å²) in [4.78, 5) is 12.9. The number of hydrogen-bond acceptors (Lipinski definition) is 4. The first-order chi connectivity index (χ1) is 9.86. The van der Waals surface area contributed by atoms with Crippen LogP contribution in [-0.2, 0) is 9.53 Å². The van der Waals surface area contributed by atoms with Crippen LogP contribution in [0, 0.1) is 19.3 Å². The van der Waals surface area contributed by atoms with Crippen molar-refractivity contribution in [3.63, 3.8) is 0 Å². The van der Waals surface area contributed by atoms with E-state index in [2.05, 4.69) is 5.32 Å². The maximum Gasteiger partial charge on any atom is 0.233 e. The van der Waals surface area contributed by atoms with Gasteiger partial charge in [-0.15, -0.1) is 0 Å². The molecule has 116 valence electrons. The highest BCUT2D eigenvalue weighted by molar-refractivity contribution is 7.80. The molecule has 1 amide bonds. The molecule has 0 aromatic carbocycles. The normalized spacial score (nSPS) is 19.0. The van der Waals surface area contributed by atoms with E-state index in [4.69, 9.17) is 27.1 Å². The molecule has 0 radical (unpaired) electrons. The van der Waals surface area contributed by atoms with Gasteiger partial charge in [-0.25, -0.2) is 0 Å². The van der Waals surface area contributed by atoms with Crippen LogP contribution in [-0.4, -0.2) is 24.1 Å². The van der Waals surface area contributed by atoms with Gasteiger partial charge in [-0.05, 0) is 39.7 Å². The highest BCUT2D eigenvalue weighted by Crippen LogP contribution is 2.32. The molecule has 0 saturated carbocycles. The van der Waals surface area contributed by atoms with E-state index < -0.39 is 5.41 Å². The van der Waals surface area contributed by atoms with Gasteiger partial charge in [0.2, 0.25) is 5.91 Å². The lowest BCUT2D eigenvalue weighted by Crippen LogP contribution is -2.52. The van der Waals surface area contributed by atoms with Gasteiger partial charge in [0, 0.05) is 18.8 Å². The third-order valence-electron chi connectivity index (χ3n) is 4.15. The van der Waals surface area contributed by atoms with E-state index in [9.17, 15) is 4.79 Å². The monoisotopic (exact) mass is 310 g/mol. The van der Waals surface area contributed by atoms with Crippen molar-refractivity contribution in [1.29, 1.82) is 0 Å². The number of carbonyl (C=O) groups is 1. The number of aryl methyl sites for hydroxylation is 2. The fraction of sp³-hybridized carbons (Fsp3) is 0.600. The third-order valence-corrected chi connectivity index (χ3v) is 4.54. The number of nitrogens with one attached hydrogen (secondary N) is 1. The summed E-state index contributed by atoms with van der Waals surface area (Å²) < 4.78 is 10.8. The van der Waals surface area contributed by atoms with E-state index in [0.29, 0.717) is 26.1 Å². The Morgan fingerprint density at radius 3 is 2.52 bits per heavy atom. The topological polar surface area (TPSA) is 77.5 Å². The summed E-state index contributed by atoms with van der Waals surface area (Å²) in [6.07, 6.45) is 1.06. The summed E-state index contributed by atoms with van der Waals surface area (Å²) in [6, 6.07) is 1.79. The fourth-order valence-corrected chi connectivity index (χ4v) is 3.09. The number of amides is 1. The van der Waals surface area contributed by atoms with E-state index >= 15 is 0 Å². The molecular formula is C15H22N2O3S. The second-order valence-corrected chi connectivity index (χ2v) is 6.06. The van der Waals surface area contributed by atoms with Gasteiger partial charge in [-0.3, -0.25) is 4.79 Å². The average molecular weight is 310 g/mol. The minimum atomic E-state index is -0.797. The molecule has 0 spiro atoms. The van der Waals surface area contributed by atoms with Crippen molar-refractivity contribution in [2.45, 2.75) is 39.7 Å². The first kappa shape index (κ1) is 16.0. The van der Waals surface area contributed by atoms with Gasteiger partial charge in [0.1, 0.15) is 16.9 Å². The number of thiocarbonyl (C=S) groups is 1. The van der Waals surface area contributed by atoms with Crippen LogP contribution < -0.4 is 11.1 Å². The summed E-state index contributed by atoms with van der Waals surface area (Å²) in [6.45, 7) is 6.72. The van der Waals surface area contributed by atoms with Gasteiger partial charge in [0.15, 0.2) is 0 Å². The van der Waals surface area contributed by atoms with E-state index in [1.165, 1.54) is 0 Å². The molecule has 5 nitrogen and oxygen atoms in total. The third kappa shape index (κ3) is 3.11. The number of rotatable bonds is 4. The summed E-state index contributed by atoms with van der Waals surface area (Å²) >= 11 is 5.15. The van der Waals surface area contributed by atoms with E-state index in [0.717, 1.165) is 17.1 Å². The zero-order valence-corrected chi connectivity index (χ0v) is 13.5. The van der Waals surface area contributed by atoms with E-state index in [-0.39, 0.29) is 16.9 Å². The Bertz CT molecular complexity index is 547. The zero-order chi connectivity index (χ0) is 15.6. The molecule has 3 N–H and O–H groups in total. The number of furan rings is 1. The van der Waals surface area contributed by atoms with Crippen LogP contribution in [0.5, 0.6) is 0 Å². The molecular weight excluding hydrogens is 288 g/mol. The number of carbonyl (C=O) groups excluding carboxylic acids is 1. The molecule has 2 heterocycles. The lowest BCUT2D eigenvalue weighted by molar-refractivity contribution is -0.132. The molecule has 0 bridgehead atoms. The van der Waals surface area contributed by atoms with Crippen LogP contribution in [0.4, 0.5) is 0 Å². The maximum absolute atomic E-state index is 12.7. The SMILES string of the molecule is Cc1cc(C(C)NC(=O)C2(C(N)=S)CCOCC2)c(C)o1. The van der Waals surface area contributed by atoms with Crippen LogP contribution in [0.15, 0.2) is 10.5 Å². The van der Waals surface area contributed by atoms with Gasteiger partial charge >= 0.3 is 0 Å². The second kappa shape index (κ2) is 6.15. The number of nitrogens with two attached hydrogens (primary N) is 1. The Labute approximate surface area is 130 Å². The van der Waals surface area contributed by atoms with Gasteiger partial charge in [-0.2, -0.15) is 0 Å². The molecule has 1 aliphatic heterocycles. The van der Waals surface area contributed by atoms with Crippen molar-refractivity contribution in [3.8, 4) is 0 Å². The number of hydrogen-bond donors (Lipinski definition) is 2. The second-order valence-electron chi connectivity index (χ2n) is 5.62. The highest BCUT2D eigenvalue weighted by Gasteiger charge is 2.43. The Balaban J connectivity index is 2.15.